The Morgan fingerprint density at radius 1 is 1.25 bits per heavy atom. The van der Waals surface area contributed by atoms with Crippen molar-refractivity contribution in [3.63, 3.8) is 0 Å². The molecule has 0 aliphatic carbocycles. The molecule has 28 heavy (non-hydrogen) atoms. The van der Waals surface area contributed by atoms with Crippen molar-refractivity contribution < 1.29 is 9.72 Å². The fraction of sp³-hybridized carbons (Fsp3) is 0.190. The minimum atomic E-state index is -0.437. The first-order chi connectivity index (χ1) is 13.6. The van der Waals surface area contributed by atoms with Gasteiger partial charge in [0, 0.05) is 47.4 Å². The van der Waals surface area contributed by atoms with E-state index in [0.717, 1.165) is 11.9 Å². The number of carbonyl (C=O) groups excluding carboxylic acids is 1. The summed E-state index contributed by atoms with van der Waals surface area (Å²) in [5.74, 6) is -0.176. The number of para-hydroxylation sites is 1. The van der Waals surface area contributed by atoms with Crippen LogP contribution in [-0.4, -0.2) is 40.1 Å². The topological polar surface area (TPSA) is 79.2 Å². The van der Waals surface area contributed by atoms with Crippen molar-refractivity contribution in [1.82, 2.24) is 9.88 Å². The number of rotatable bonds is 4. The van der Waals surface area contributed by atoms with Gasteiger partial charge in [0.2, 0.25) is 0 Å². The Balaban J connectivity index is 1.55. The Kier molecular flexibility index (Phi) is 4.92. The molecule has 0 atom stereocenters. The minimum absolute atomic E-state index is 0.0228. The van der Waals surface area contributed by atoms with Crippen LogP contribution in [0.1, 0.15) is 22.3 Å². The molecule has 4 rings (SSSR count). The summed E-state index contributed by atoms with van der Waals surface area (Å²) in [6.45, 7) is 1.08. The van der Waals surface area contributed by atoms with Gasteiger partial charge in [-0.3, -0.25) is 14.9 Å². The highest BCUT2D eigenvalue weighted by Crippen LogP contribution is 2.31. The summed E-state index contributed by atoms with van der Waals surface area (Å²) in [5, 5.41) is 12.4. The summed E-state index contributed by atoms with van der Waals surface area (Å²) >= 11 is 1.30. The Bertz CT molecular complexity index is 1100. The molecule has 2 aromatic carbocycles. The number of nitro groups is 1. The summed E-state index contributed by atoms with van der Waals surface area (Å²) in [7, 11) is 0. The number of H-pyrrole nitrogens is 1. The van der Waals surface area contributed by atoms with E-state index < -0.39 is 4.92 Å². The molecule has 142 valence electrons. The zero-order valence-electron chi connectivity index (χ0n) is 15.3. The van der Waals surface area contributed by atoms with Gasteiger partial charge in [0.15, 0.2) is 0 Å². The van der Waals surface area contributed by atoms with E-state index in [1.165, 1.54) is 34.4 Å². The maximum atomic E-state index is 12.8. The highest BCUT2D eigenvalue weighted by atomic mass is 32.2. The maximum Gasteiger partial charge on any atom is 0.283 e. The molecule has 0 spiro atoms. The van der Waals surface area contributed by atoms with Gasteiger partial charge in [0.05, 0.1) is 9.82 Å². The molecular formula is C21H19N3O3S. The molecule has 1 aromatic heterocycles. The van der Waals surface area contributed by atoms with E-state index in [1.54, 1.807) is 23.3 Å². The molecule has 0 fully saturated rings. The molecule has 0 saturated heterocycles. The van der Waals surface area contributed by atoms with Gasteiger partial charge < -0.3 is 9.88 Å². The highest BCUT2D eigenvalue weighted by Gasteiger charge is 2.23. The van der Waals surface area contributed by atoms with Crippen LogP contribution >= 0.6 is 11.8 Å². The van der Waals surface area contributed by atoms with Crippen LogP contribution in [0.2, 0.25) is 0 Å². The lowest BCUT2D eigenvalue weighted by atomic mass is 9.98. The molecule has 1 amide bonds. The SMILES string of the molecule is CSc1ccc(C(=O)N2CC=C(c3c[nH]c4ccccc34)CC2)cc1[N+](=O)[O-]. The van der Waals surface area contributed by atoms with Crippen LogP contribution in [0.5, 0.6) is 0 Å². The number of benzene rings is 2. The molecule has 3 aromatic rings. The average Bonchev–Trinajstić information content (AvgIpc) is 3.17. The number of aromatic amines is 1. The standard InChI is InChI=1S/C21H19N3O3S/c1-28-20-7-6-15(12-19(20)24(26)27)21(25)23-10-8-14(9-11-23)17-13-22-18-5-3-2-4-16(17)18/h2-8,12-13,22H,9-11H2,1H3. The second-order valence-corrected chi connectivity index (χ2v) is 7.47. The zero-order valence-corrected chi connectivity index (χ0v) is 16.2. The Labute approximate surface area is 166 Å². The Morgan fingerprint density at radius 3 is 2.79 bits per heavy atom. The first-order valence-electron chi connectivity index (χ1n) is 8.95. The number of nitrogens with zero attached hydrogens (tertiary/aromatic N) is 2. The lowest BCUT2D eigenvalue weighted by molar-refractivity contribution is -0.387. The van der Waals surface area contributed by atoms with Crippen molar-refractivity contribution in [3.8, 4) is 0 Å². The number of thioether (sulfide) groups is 1. The summed E-state index contributed by atoms with van der Waals surface area (Å²) in [6.07, 6.45) is 6.62. The summed E-state index contributed by atoms with van der Waals surface area (Å²) in [4.78, 5) is 29.2. The van der Waals surface area contributed by atoms with Crippen molar-refractivity contribution in [1.29, 1.82) is 0 Å². The molecule has 1 N–H and O–H groups in total. The summed E-state index contributed by atoms with van der Waals surface area (Å²) in [5.41, 5.74) is 3.81. The number of nitro benzene ring substituents is 1. The van der Waals surface area contributed by atoms with Crippen molar-refractivity contribution in [3.05, 3.63) is 76.0 Å². The van der Waals surface area contributed by atoms with E-state index in [4.69, 9.17) is 0 Å². The van der Waals surface area contributed by atoms with Gasteiger partial charge in [-0.15, -0.1) is 11.8 Å². The van der Waals surface area contributed by atoms with Crippen LogP contribution in [0.3, 0.4) is 0 Å². The van der Waals surface area contributed by atoms with E-state index in [-0.39, 0.29) is 11.6 Å². The predicted octanol–water partition coefficient (Wildman–Crippen LogP) is 4.73. The van der Waals surface area contributed by atoms with E-state index >= 15 is 0 Å². The van der Waals surface area contributed by atoms with E-state index in [1.807, 2.05) is 24.4 Å². The highest BCUT2D eigenvalue weighted by molar-refractivity contribution is 7.98. The molecular weight excluding hydrogens is 374 g/mol. The van der Waals surface area contributed by atoms with Gasteiger partial charge in [-0.1, -0.05) is 24.3 Å². The molecule has 0 saturated carbocycles. The fourth-order valence-electron chi connectivity index (χ4n) is 3.58. The van der Waals surface area contributed by atoms with Crippen LogP contribution in [0, 0.1) is 10.1 Å². The van der Waals surface area contributed by atoms with E-state index in [0.29, 0.717) is 23.5 Å². The second-order valence-electron chi connectivity index (χ2n) is 6.62. The monoisotopic (exact) mass is 393 g/mol. The van der Waals surface area contributed by atoms with Crippen LogP contribution in [0.4, 0.5) is 5.69 Å². The third-order valence-corrected chi connectivity index (χ3v) is 5.84. The normalized spacial score (nSPS) is 14.2. The third-order valence-electron chi connectivity index (χ3n) is 5.05. The Morgan fingerprint density at radius 2 is 2.07 bits per heavy atom. The summed E-state index contributed by atoms with van der Waals surface area (Å²) < 4.78 is 0. The van der Waals surface area contributed by atoms with Gasteiger partial charge in [-0.2, -0.15) is 0 Å². The lowest BCUT2D eigenvalue weighted by Crippen LogP contribution is -2.34. The molecule has 0 unspecified atom stereocenters. The molecule has 0 bridgehead atoms. The van der Waals surface area contributed by atoms with Crippen LogP contribution < -0.4 is 0 Å². The number of aromatic nitrogens is 1. The van der Waals surface area contributed by atoms with E-state index in [9.17, 15) is 14.9 Å². The number of hydrogen-bond acceptors (Lipinski definition) is 4. The number of amides is 1. The van der Waals surface area contributed by atoms with Gasteiger partial charge in [0.1, 0.15) is 0 Å². The van der Waals surface area contributed by atoms with Gasteiger partial charge in [0.25, 0.3) is 11.6 Å². The van der Waals surface area contributed by atoms with Crippen molar-refractivity contribution >= 4 is 39.8 Å². The number of hydrogen-bond donors (Lipinski definition) is 1. The van der Waals surface area contributed by atoms with Crippen molar-refractivity contribution in [2.24, 2.45) is 0 Å². The number of carbonyl (C=O) groups is 1. The van der Waals surface area contributed by atoms with Crippen LogP contribution in [0.25, 0.3) is 16.5 Å². The smallest absolute Gasteiger partial charge is 0.283 e. The second kappa shape index (κ2) is 7.52. The predicted molar refractivity (Wildman–Crippen MR) is 112 cm³/mol. The van der Waals surface area contributed by atoms with Gasteiger partial charge in [-0.05, 0) is 36.4 Å². The zero-order chi connectivity index (χ0) is 19.7. The molecule has 0 radical (unpaired) electrons. The third kappa shape index (κ3) is 3.29. The van der Waals surface area contributed by atoms with Crippen molar-refractivity contribution in [2.75, 3.05) is 19.3 Å². The quantitative estimate of drug-likeness (QED) is 0.395. The Hall–Kier alpha value is -3.06. The molecule has 1 aliphatic heterocycles. The first-order valence-corrected chi connectivity index (χ1v) is 10.2. The van der Waals surface area contributed by atoms with Crippen LogP contribution in [-0.2, 0) is 0 Å². The molecule has 6 nitrogen and oxygen atoms in total. The van der Waals surface area contributed by atoms with Crippen LogP contribution in [0.15, 0.2) is 59.6 Å². The minimum Gasteiger partial charge on any atom is -0.361 e. The largest absolute Gasteiger partial charge is 0.361 e. The molecule has 7 heteroatoms. The molecule has 1 aliphatic rings. The molecule has 2 heterocycles. The lowest BCUT2D eigenvalue weighted by Gasteiger charge is -2.26. The number of nitrogens with one attached hydrogen (secondary N) is 1. The maximum absolute atomic E-state index is 12.8. The van der Waals surface area contributed by atoms with E-state index in [2.05, 4.69) is 17.1 Å². The summed E-state index contributed by atoms with van der Waals surface area (Å²) in [6, 6.07) is 12.8. The van der Waals surface area contributed by atoms with Gasteiger partial charge in [-0.25, -0.2) is 0 Å². The first kappa shape index (κ1) is 18.3. The number of fused-ring (bicyclic) bond motifs is 1. The van der Waals surface area contributed by atoms with Crippen molar-refractivity contribution in [2.45, 2.75) is 11.3 Å². The fourth-order valence-corrected chi connectivity index (χ4v) is 4.13. The average molecular weight is 393 g/mol. The van der Waals surface area contributed by atoms with Gasteiger partial charge >= 0.3 is 0 Å².